The van der Waals surface area contributed by atoms with Crippen molar-refractivity contribution >= 4 is 17.1 Å². The first-order chi connectivity index (χ1) is 29.0. The first kappa shape index (κ1) is 35.0. The van der Waals surface area contributed by atoms with Gasteiger partial charge in [0, 0.05) is 11.1 Å². The summed E-state index contributed by atoms with van der Waals surface area (Å²) >= 11 is 0. The monoisotopic (exact) mass is 753 g/mol. The molecule has 0 N–H and O–H groups in total. The van der Waals surface area contributed by atoms with Crippen LogP contribution in [-0.2, 0) is 10.8 Å². The Bertz CT molecular complexity index is 2940. The fourth-order valence-corrected chi connectivity index (χ4v) is 10.1. The fraction of sp³-hybridized carbons (Fsp3) is 0.0690. The number of anilines is 3. The van der Waals surface area contributed by atoms with E-state index in [0.717, 1.165) is 5.69 Å². The molecule has 0 bridgehead atoms. The van der Waals surface area contributed by atoms with Gasteiger partial charge in [0.05, 0.1) is 16.8 Å². The normalized spacial score (nSPS) is 14.2. The van der Waals surface area contributed by atoms with Crippen LogP contribution in [0.2, 0.25) is 0 Å². The lowest BCUT2D eigenvalue weighted by molar-refractivity contribution is 0.632. The molecule has 280 valence electrons. The third-order valence-electron chi connectivity index (χ3n) is 13.0. The highest BCUT2D eigenvalue weighted by Gasteiger charge is 2.46. The van der Waals surface area contributed by atoms with E-state index < -0.39 is 5.41 Å². The Morgan fingerprint density at radius 3 is 1.25 bits per heavy atom. The Morgan fingerprint density at radius 1 is 0.305 bits per heavy atom. The van der Waals surface area contributed by atoms with Crippen LogP contribution in [0, 0.1) is 0 Å². The topological polar surface area (TPSA) is 3.24 Å². The van der Waals surface area contributed by atoms with E-state index in [1.807, 2.05) is 0 Å². The van der Waals surface area contributed by atoms with Gasteiger partial charge in [-0.1, -0.05) is 196 Å². The van der Waals surface area contributed by atoms with Gasteiger partial charge in [-0.05, 0) is 120 Å². The lowest BCUT2D eigenvalue weighted by Crippen LogP contribution is -2.30. The molecule has 0 saturated heterocycles. The van der Waals surface area contributed by atoms with Crippen molar-refractivity contribution in [1.29, 1.82) is 0 Å². The van der Waals surface area contributed by atoms with Crippen LogP contribution in [0.25, 0.3) is 44.5 Å². The molecule has 11 rings (SSSR count). The largest absolute Gasteiger partial charge is 0.310 e. The second-order valence-electron chi connectivity index (χ2n) is 16.5. The lowest BCUT2D eigenvalue weighted by Gasteiger charge is -2.42. The van der Waals surface area contributed by atoms with Crippen LogP contribution in [0.15, 0.2) is 224 Å². The van der Waals surface area contributed by atoms with Gasteiger partial charge in [0.1, 0.15) is 0 Å². The maximum Gasteiger partial charge on any atom is 0.0713 e. The molecule has 0 amide bonds. The summed E-state index contributed by atoms with van der Waals surface area (Å²) in [4.78, 5) is 2.47. The smallest absolute Gasteiger partial charge is 0.0713 e. The number of benzene rings is 9. The third kappa shape index (κ3) is 5.46. The van der Waals surface area contributed by atoms with Crippen molar-refractivity contribution in [3.05, 3.63) is 258 Å². The zero-order chi connectivity index (χ0) is 39.6. The number of fused-ring (bicyclic) bond motifs is 5. The average molecular weight is 754 g/mol. The summed E-state index contributed by atoms with van der Waals surface area (Å²) in [6.45, 7) is 4.79. The highest BCUT2D eigenvalue weighted by Crippen LogP contribution is 2.58. The highest BCUT2D eigenvalue weighted by molar-refractivity contribution is 5.91. The Kier molecular flexibility index (Phi) is 8.13. The minimum atomic E-state index is -0.451. The molecular formula is C58H43N. The first-order valence-electron chi connectivity index (χ1n) is 20.7. The molecule has 0 saturated carbocycles. The van der Waals surface area contributed by atoms with Gasteiger partial charge >= 0.3 is 0 Å². The second-order valence-corrected chi connectivity index (χ2v) is 16.5. The summed E-state index contributed by atoms with van der Waals surface area (Å²) in [6.07, 6.45) is 0. The first-order valence-corrected chi connectivity index (χ1v) is 20.7. The van der Waals surface area contributed by atoms with Crippen LogP contribution in [0.3, 0.4) is 0 Å². The van der Waals surface area contributed by atoms with Gasteiger partial charge in [0.15, 0.2) is 0 Å². The zero-order valence-electron chi connectivity index (χ0n) is 33.3. The maximum absolute atomic E-state index is 2.48. The molecule has 0 aromatic heterocycles. The van der Waals surface area contributed by atoms with Crippen molar-refractivity contribution in [2.75, 3.05) is 4.90 Å². The van der Waals surface area contributed by atoms with Gasteiger partial charge in [0.25, 0.3) is 0 Å². The van der Waals surface area contributed by atoms with E-state index in [1.165, 1.54) is 89.3 Å². The van der Waals surface area contributed by atoms with Gasteiger partial charge in [-0.25, -0.2) is 0 Å². The summed E-state index contributed by atoms with van der Waals surface area (Å²) in [6, 6.07) is 83.0. The van der Waals surface area contributed by atoms with E-state index in [2.05, 4.69) is 243 Å². The number of nitrogens with zero attached hydrogens (tertiary/aromatic N) is 1. The van der Waals surface area contributed by atoms with Crippen LogP contribution in [-0.4, -0.2) is 0 Å². The summed E-state index contributed by atoms with van der Waals surface area (Å²) in [5, 5.41) is 0. The van der Waals surface area contributed by atoms with Crippen molar-refractivity contribution in [3.8, 4) is 44.5 Å². The van der Waals surface area contributed by atoms with Crippen molar-refractivity contribution < 1.29 is 0 Å². The van der Waals surface area contributed by atoms with Crippen molar-refractivity contribution in [3.63, 3.8) is 0 Å². The lowest BCUT2D eigenvalue weighted by atomic mass is 9.67. The molecule has 59 heavy (non-hydrogen) atoms. The van der Waals surface area contributed by atoms with Crippen molar-refractivity contribution in [1.82, 2.24) is 0 Å². The zero-order valence-corrected chi connectivity index (χ0v) is 33.3. The summed E-state index contributed by atoms with van der Waals surface area (Å²) < 4.78 is 0. The van der Waals surface area contributed by atoms with E-state index in [0.29, 0.717) is 0 Å². The molecule has 1 heteroatoms. The maximum atomic E-state index is 2.48. The van der Waals surface area contributed by atoms with E-state index in [-0.39, 0.29) is 5.41 Å². The number of rotatable bonds is 6. The van der Waals surface area contributed by atoms with Gasteiger partial charge in [-0.15, -0.1) is 0 Å². The Hall–Kier alpha value is -7.22. The van der Waals surface area contributed by atoms with Gasteiger partial charge in [-0.3, -0.25) is 0 Å². The van der Waals surface area contributed by atoms with Gasteiger partial charge in [0.2, 0.25) is 0 Å². The van der Waals surface area contributed by atoms with E-state index in [9.17, 15) is 0 Å². The molecule has 0 radical (unpaired) electrons. The van der Waals surface area contributed by atoms with E-state index in [4.69, 9.17) is 0 Å². The number of hydrogen-bond donors (Lipinski definition) is 0. The Labute approximate surface area is 347 Å². The summed E-state index contributed by atoms with van der Waals surface area (Å²) in [7, 11) is 0. The molecule has 1 nitrogen and oxygen atoms in total. The average Bonchev–Trinajstić information content (AvgIpc) is 3.61. The highest BCUT2D eigenvalue weighted by atomic mass is 15.2. The predicted molar refractivity (Wildman–Crippen MR) is 247 cm³/mol. The van der Waals surface area contributed by atoms with E-state index >= 15 is 0 Å². The van der Waals surface area contributed by atoms with Crippen molar-refractivity contribution in [2.45, 2.75) is 24.7 Å². The SMILES string of the molecule is CC1(C)c2cc(-c3ccccc3)ccc2N(c2ccc(-c3ccccc3)cc2)c2ccc(-c3ccc4c(c3)C(c3ccccc3)(c3ccccc3)c3ccccc3-4)cc21. The van der Waals surface area contributed by atoms with Crippen LogP contribution >= 0.6 is 0 Å². The minimum absolute atomic E-state index is 0.281. The molecule has 9 aromatic rings. The van der Waals surface area contributed by atoms with Gasteiger partial charge < -0.3 is 4.90 Å². The predicted octanol–water partition coefficient (Wildman–Crippen LogP) is 15.2. The molecule has 1 heterocycles. The molecule has 9 aromatic carbocycles. The quantitative estimate of drug-likeness (QED) is 0.163. The van der Waals surface area contributed by atoms with E-state index in [1.54, 1.807) is 0 Å². The molecule has 1 aliphatic heterocycles. The number of hydrogen-bond acceptors (Lipinski definition) is 1. The molecular weight excluding hydrogens is 711 g/mol. The van der Waals surface area contributed by atoms with Gasteiger partial charge in [-0.2, -0.15) is 0 Å². The minimum Gasteiger partial charge on any atom is -0.310 e. The fourth-order valence-electron chi connectivity index (χ4n) is 10.1. The molecule has 0 unspecified atom stereocenters. The summed E-state index contributed by atoms with van der Waals surface area (Å²) in [5.41, 5.74) is 20.6. The Balaban J connectivity index is 1.10. The standard InChI is InChI=1S/C58H43N/c1-57(2)53-38-43(41-19-9-4-10-20-41)30-35-55(53)59(48-32-27-42(28-33-48)40-17-7-3-8-18-40)56-36-31-45(39-54(56)57)44-29-34-50-49-25-15-16-26-51(49)58(52(50)37-44,46-21-11-5-12-22-46)47-23-13-6-14-24-47/h3-39H,1-2H3. The van der Waals surface area contributed by atoms with Crippen LogP contribution < -0.4 is 4.90 Å². The van der Waals surface area contributed by atoms with Crippen LogP contribution in [0.4, 0.5) is 17.1 Å². The van der Waals surface area contributed by atoms with Crippen LogP contribution in [0.1, 0.15) is 47.2 Å². The molecule has 2 aliphatic rings. The molecule has 0 fully saturated rings. The molecule has 0 atom stereocenters. The third-order valence-corrected chi connectivity index (χ3v) is 13.0. The molecule has 1 aliphatic carbocycles. The van der Waals surface area contributed by atoms with Crippen LogP contribution in [0.5, 0.6) is 0 Å². The van der Waals surface area contributed by atoms with Crippen molar-refractivity contribution in [2.24, 2.45) is 0 Å². The second kappa shape index (κ2) is 13.7. The Morgan fingerprint density at radius 2 is 0.695 bits per heavy atom. The summed E-state index contributed by atoms with van der Waals surface area (Å²) in [5.74, 6) is 0. The molecule has 0 spiro atoms.